The summed E-state index contributed by atoms with van der Waals surface area (Å²) in [5.41, 5.74) is 5.97. The Morgan fingerprint density at radius 2 is 2.04 bits per heavy atom. The standard InChI is InChI=1S/C19H33N5O/c1-22(2)9-3-10-23-13-8-21-18(23)15-6-11-24(12-7-15)19(25)16-4-5-17(20)14-16/h8,13,15-17H,3-7,9-12,14,20H2,1-2H3/t16-,17+/m0/s1. The van der Waals surface area contributed by atoms with Crippen LogP contribution in [0.4, 0.5) is 0 Å². The summed E-state index contributed by atoms with van der Waals surface area (Å²) in [4.78, 5) is 21.6. The fourth-order valence-corrected chi connectivity index (χ4v) is 4.28. The number of nitrogens with zero attached hydrogens (tertiary/aromatic N) is 4. The molecule has 1 aromatic rings. The van der Waals surface area contributed by atoms with E-state index in [1.165, 1.54) is 5.82 Å². The van der Waals surface area contributed by atoms with Gasteiger partial charge in [-0.25, -0.2) is 4.98 Å². The minimum Gasteiger partial charge on any atom is -0.342 e. The molecule has 0 spiro atoms. The molecule has 0 bridgehead atoms. The van der Waals surface area contributed by atoms with Crippen LogP contribution in [0.1, 0.15) is 50.3 Å². The Bertz CT molecular complexity index is 562. The van der Waals surface area contributed by atoms with Gasteiger partial charge in [-0.15, -0.1) is 0 Å². The molecule has 2 heterocycles. The second-order valence-corrected chi connectivity index (χ2v) is 8.01. The first kappa shape index (κ1) is 18.4. The van der Waals surface area contributed by atoms with Crippen LogP contribution in [-0.2, 0) is 11.3 Å². The Hall–Kier alpha value is -1.40. The minimum absolute atomic E-state index is 0.166. The van der Waals surface area contributed by atoms with Crippen molar-refractivity contribution in [3.63, 3.8) is 0 Å². The summed E-state index contributed by atoms with van der Waals surface area (Å²) < 4.78 is 2.31. The predicted molar refractivity (Wildman–Crippen MR) is 99.3 cm³/mol. The number of carbonyl (C=O) groups is 1. The smallest absolute Gasteiger partial charge is 0.225 e. The van der Waals surface area contributed by atoms with Gasteiger partial charge in [0.1, 0.15) is 5.82 Å². The summed E-state index contributed by atoms with van der Waals surface area (Å²) in [7, 11) is 4.22. The topological polar surface area (TPSA) is 67.4 Å². The van der Waals surface area contributed by atoms with E-state index in [-0.39, 0.29) is 12.0 Å². The molecule has 3 rings (SSSR count). The highest BCUT2D eigenvalue weighted by molar-refractivity contribution is 5.79. The number of rotatable bonds is 6. The molecule has 2 aliphatic rings. The number of aromatic nitrogens is 2. The maximum absolute atomic E-state index is 12.7. The Kier molecular flexibility index (Phi) is 6.12. The lowest BCUT2D eigenvalue weighted by Crippen LogP contribution is -2.41. The number of likely N-dealkylation sites (tertiary alicyclic amines) is 1. The van der Waals surface area contributed by atoms with E-state index in [1.54, 1.807) is 0 Å². The van der Waals surface area contributed by atoms with Crippen LogP contribution in [0.5, 0.6) is 0 Å². The van der Waals surface area contributed by atoms with Crippen LogP contribution >= 0.6 is 0 Å². The van der Waals surface area contributed by atoms with Crippen molar-refractivity contribution in [1.29, 1.82) is 0 Å². The number of piperidine rings is 1. The van der Waals surface area contributed by atoms with Crippen LogP contribution in [0.3, 0.4) is 0 Å². The monoisotopic (exact) mass is 347 g/mol. The number of nitrogens with two attached hydrogens (primary N) is 1. The molecule has 1 amide bonds. The molecule has 1 aliphatic heterocycles. The zero-order valence-corrected chi connectivity index (χ0v) is 15.7. The third kappa shape index (κ3) is 4.61. The lowest BCUT2D eigenvalue weighted by molar-refractivity contribution is -0.136. The molecule has 2 atom stereocenters. The number of aryl methyl sites for hydroxylation is 1. The summed E-state index contributed by atoms with van der Waals surface area (Å²) in [6.07, 6.45) is 10.0. The highest BCUT2D eigenvalue weighted by Crippen LogP contribution is 2.31. The van der Waals surface area contributed by atoms with Gasteiger partial charge in [-0.3, -0.25) is 4.79 Å². The molecule has 2 fully saturated rings. The molecule has 1 saturated heterocycles. The second kappa shape index (κ2) is 8.32. The molecule has 2 N–H and O–H groups in total. The first-order valence-electron chi connectivity index (χ1n) is 9.74. The van der Waals surface area contributed by atoms with Crippen molar-refractivity contribution in [3.8, 4) is 0 Å². The molecule has 6 heteroatoms. The van der Waals surface area contributed by atoms with Crippen molar-refractivity contribution >= 4 is 5.91 Å². The summed E-state index contributed by atoms with van der Waals surface area (Å²) in [5.74, 6) is 2.18. The van der Waals surface area contributed by atoms with Gasteiger partial charge < -0.3 is 20.1 Å². The quantitative estimate of drug-likeness (QED) is 0.850. The van der Waals surface area contributed by atoms with Gasteiger partial charge >= 0.3 is 0 Å². The van der Waals surface area contributed by atoms with Crippen molar-refractivity contribution in [2.24, 2.45) is 11.7 Å². The van der Waals surface area contributed by atoms with Crippen LogP contribution in [-0.4, -0.2) is 65.0 Å². The van der Waals surface area contributed by atoms with Crippen LogP contribution in [0.25, 0.3) is 0 Å². The lowest BCUT2D eigenvalue weighted by Gasteiger charge is -2.33. The van der Waals surface area contributed by atoms with E-state index < -0.39 is 0 Å². The molecular weight excluding hydrogens is 314 g/mol. The predicted octanol–water partition coefficient (Wildman–Crippen LogP) is 1.67. The van der Waals surface area contributed by atoms with E-state index in [9.17, 15) is 4.79 Å². The maximum atomic E-state index is 12.7. The molecular formula is C19H33N5O. The van der Waals surface area contributed by atoms with E-state index in [4.69, 9.17) is 5.73 Å². The third-order valence-electron chi connectivity index (χ3n) is 5.75. The van der Waals surface area contributed by atoms with E-state index in [0.717, 1.165) is 64.7 Å². The second-order valence-electron chi connectivity index (χ2n) is 8.01. The zero-order valence-electron chi connectivity index (χ0n) is 15.7. The van der Waals surface area contributed by atoms with Gasteiger partial charge in [0.15, 0.2) is 0 Å². The van der Waals surface area contributed by atoms with Crippen LogP contribution < -0.4 is 5.73 Å². The average molecular weight is 348 g/mol. The summed E-state index contributed by atoms with van der Waals surface area (Å²) >= 11 is 0. The highest BCUT2D eigenvalue weighted by Gasteiger charge is 2.33. The van der Waals surface area contributed by atoms with Gasteiger partial charge in [0, 0.05) is 49.9 Å². The fraction of sp³-hybridized carbons (Fsp3) is 0.789. The molecule has 0 unspecified atom stereocenters. The van der Waals surface area contributed by atoms with E-state index >= 15 is 0 Å². The van der Waals surface area contributed by atoms with Crippen LogP contribution in [0.15, 0.2) is 12.4 Å². The number of amides is 1. The van der Waals surface area contributed by atoms with Crippen LogP contribution in [0, 0.1) is 5.92 Å². The van der Waals surface area contributed by atoms with Crippen LogP contribution in [0.2, 0.25) is 0 Å². The Morgan fingerprint density at radius 1 is 1.28 bits per heavy atom. The maximum Gasteiger partial charge on any atom is 0.225 e. The first-order valence-corrected chi connectivity index (χ1v) is 9.74. The van der Waals surface area contributed by atoms with Gasteiger partial charge in [-0.05, 0) is 59.2 Å². The zero-order chi connectivity index (χ0) is 17.8. The number of hydrogen-bond donors (Lipinski definition) is 1. The van der Waals surface area contributed by atoms with Gasteiger partial charge in [0.05, 0.1) is 0 Å². The lowest BCUT2D eigenvalue weighted by atomic mass is 9.94. The van der Waals surface area contributed by atoms with Gasteiger partial charge in [-0.1, -0.05) is 0 Å². The van der Waals surface area contributed by atoms with Crippen molar-refractivity contribution in [1.82, 2.24) is 19.4 Å². The Balaban J connectivity index is 1.51. The van der Waals surface area contributed by atoms with Gasteiger partial charge in [-0.2, -0.15) is 0 Å². The van der Waals surface area contributed by atoms with E-state index in [0.29, 0.717) is 11.8 Å². The number of hydrogen-bond acceptors (Lipinski definition) is 4. The number of carbonyl (C=O) groups excluding carboxylic acids is 1. The SMILES string of the molecule is CN(C)CCCn1ccnc1C1CCN(C(=O)[C@H]2CC[C@@H](N)C2)CC1. The van der Waals surface area contributed by atoms with Crippen molar-refractivity contribution in [3.05, 3.63) is 18.2 Å². The van der Waals surface area contributed by atoms with Gasteiger partial charge in [0.2, 0.25) is 5.91 Å². The molecule has 6 nitrogen and oxygen atoms in total. The van der Waals surface area contributed by atoms with E-state index in [2.05, 4.69) is 39.6 Å². The van der Waals surface area contributed by atoms with Crippen molar-refractivity contribution in [2.75, 3.05) is 33.7 Å². The Morgan fingerprint density at radius 3 is 2.68 bits per heavy atom. The minimum atomic E-state index is 0.166. The van der Waals surface area contributed by atoms with Gasteiger partial charge in [0.25, 0.3) is 0 Å². The average Bonchev–Trinajstić information content (AvgIpc) is 3.23. The molecule has 0 radical (unpaired) electrons. The fourth-order valence-electron chi connectivity index (χ4n) is 4.28. The summed E-state index contributed by atoms with van der Waals surface area (Å²) in [6.45, 7) is 3.83. The first-order chi connectivity index (χ1) is 12.0. The molecule has 1 aromatic heterocycles. The molecule has 25 heavy (non-hydrogen) atoms. The summed E-state index contributed by atoms with van der Waals surface area (Å²) in [6, 6.07) is 0.223. The Labute approximate surface area is 151 Å². The highest BCUT2D eigenvalue weighted by atomic mass is 16.2. The normalized spacial score (nSPS) is 25.0. The molecule has 1 aliphatic carbocycles. The van der Waals surface area contributed by atoms with Crippen molar-refractivity contribution < 1.29 is 4.79 Å². The number of imidazole rings is 1. The van der Waals surface area contributed by atoms with E-state index in [1.807, 2.05) is 6.20 Å². The molecule has 0 aromatic carbocycles. The van der Waals surface area contributed by atoms with Crippen molar-refractivity contribution in [2.45, 2.75) is 57.0 Å². The largest absolute Gasteiger partial charge is 0.342 e. The molecule has 140 valence electrons. The molecule has 1 saturated carbocycles. The third-order valence-corrected chi connectivity index (χ3v) is 5.75. The summed E-state index contributed by atoms with van der Waals surface area (Å²) in [5, 5.41) is 0.